The first-order valence-electron chi connectivity index (χ1n) is 9.64. The van der Waals surface area contributed by atoms with Crippen LogP contribution in [0.5, 0.6) is 5.75 Å². The smallest absolute Gasteiger partial charge is 0.339 e. The third kappa shape index (κ3) is 6.70. The van der Waals surface area contributed by atoms with Gasteiger partial charge in [-0.15, -0.1) is 0 Å². The maximum absolute atomic E-state index is 11.7. The fourth-order valence-corrected chi connectivity index (χ4v) is 3.14. The number of aryl methyl sites for hydroxylation is 2. The van der Waals surface area contributed by atoms with Gasteiger partial charge in [-0.1, -0.05) is 49.1 Å². The molecular formula is C23H34O3. The standard InChI is InChI=1S/C23H34O3/c1-6-7-8-12-19-15-18(5)20(22(24)21(19)23(25)26)14-13-17(4)11-9-10-16(2)3/h10,13,15,24H,6-9,11-12,14H2,1-5H3,(H,25,26)/b17-13+. The maximum Gasteiger partial charge on any atom is 0.339 e. The SMILES string of the molecule is CCCCCc1cc(C)c(C/C=C(\C)CCC=C(C)C)c(O)c1C(=O)O. The Bertz CT molecular complexity index is 677. The first kappa shape index (κ1) is 22.0. The minimum atomic E-state index is -1.04. The highest BCUT2D eigenvalue weighted by molar-refractivity contribution is 5.93. The highest BCUT2D eigenvalue weighted by Gasteiger charge is 2.20. The number of benzene rings is 1. The molecule has 0 aromatic heterocycles. The second-order valence-electron chi connectivity index (χ2n) is 7.39. The van der Waals surface area contributed by atoms with Gasteiger partial charge in [0.1, 0.15) is 11.3 Å². The van der Waals surface area contributed by atoms with Crippen molar-refractivity contribution in [1.29, 1.82) is 0 Å². The molecule has 0 fully saturated rings. The Labute approximate surface area is 158 Å². The molecule has 144 valence electrons. The van der Waals surface area contributed by atoms with Crippen LogP contribution in [0.2, 0.25) is 0 Å². The molecular weight excluding hydrogens is 324 g/mol. The Kier molecular flexibility index (Phi) is 9.18. The number of phenols is 1. The van der Waals surface area contributed by atoms with Crippen LogP contribution in [-0.4, -0.2) is 16.2 Å². The van der Waals surface area contributed by atoms with Gasteiger partial charge in [-0.25, -0.2) is 4.79 Å². The van der Waals surface area contributed by atoms with Gasteiger partial charge >= 0.3 is 5.97 Å². The minimum absolute atomic E-state index is 0.0580. The van der Waals surface area contributed by atoms with Gasteiger partial charge in [-0.2, -0.15) is 0 Å². The Morgan fingerprint density at radius 1 is 1.15 bits per heavy atom. The quantitative estimate of drug-likeness (QED) is 0.377. The van der Waals surface area contributed by atoms with Crippen LogP contribution >= 0.6 is 0 Å². The van der Waals surface area contributed by atoms with Gasteiger partial charge in [0.05, 0.1) is 0 Å². The Balaban J connectivity index is 3.03. The molecule has 0 aliphatic rings. The van der Waals surface area contributed by atoms with Gasteiger partial charge in [0.15, 0.2) is 0 Å². The molecule has 1 aromatic rings. The lowest BCUT2D eigenvalue weighted by Crippen LogP contribution is -2.07. The number of unbranched alkanes of at least 4 members (excludes halogenated alkanes) is 2. The lowest BCUT2D eigenvalue weighted by atomic mass is 9.92. The summed E-state index contributed by atoms with van der Waals surface area (Å²) in [6, 6.07) is 1.94. The number of hydrogen-bond donors (Lipinski definition) is 2. The third-order valence-corrected chi connectivity index (χ3v) is 4.72. The van der Waals surface area contributed by atoms with E-state index in [9.17, 15) is 15.0 Å². The van der Waals surface area contributed by atoms with Gasteiger partial charge in [-0.05, 0) is 70.9 Å². The van der Waals surface area contributed by atoms with Crippen molar-refractivity contribution in [1.82, 2.24) is 0 Å². The van der Waals surface area contributed by atoms with Crippen LogP contribution in [-0.2, 0) is 12.8 Å². The molecule has 0 unspecified atom stereocenters. The van der Waals surface area contributed by atoms with Crippen molar-refractivity contribution in [2.75, 3.05) is 0 Å². The fourth-order valence-electron chi connectivity index (χ4n) is 3.14. The van der Waals surface area contributed by atoms with Crippen LogP contribution in [0.1, 0.15) is 86.8 Å². The highest BCUT2D eigenvalue weighted by atomic mass is 16.4. The summed E-state index contributed by atoms with van der Waals surface area (Å²) in [5, 5.41) is 20.2. The summed E-state index contributed by atoms with van der Waals surface area (Å²) < 4.78 is 0. The second-order valence-corrected chi connectivity index (χ2v) is 7.39. The molecule has 1 rings (SSSR count). The van der Waals surface area contributed by atoms with Crippen LogP contribution < -0.4 is 0 Å². The van der Waals surface area contributed by atoms with Crippen LogP contribution in [0.4, 0.5) is 0 Å². The number of aromatic hydroxyl groups is 1. The van der Waals surface area contributed by atoms with Crippen molar-refractivity contribution >= 4 is 5.97 Å². The minimum Gasteiger partial charge on any atom is -0.507 e. The third-order valence-electron chi connectivity index (χ3n) is 4.72. The highest BCUT2D eigenvalue weighted by Crippen LogP contribution is 2.31. The van der Waals surface area contributed by atoms with Crippen molar-refractivity contribution in [3.05, 3.63) is 51.6 Å². The fraction of sp³-hybridized carbons (Fsp3) is 0.522. The van der Waals surface area contributed by atoms with E-state index in [1.54, 1.807) is 0 Å². The molecule has 2 N–H and O–H groups in total. The van der Waals surface area contributed by atoms with Gasteiger partial charge in [0.25, 0.3) is 0 Å². The van der Waals surface area contributed by atoms with E-state index in [-0.39, 0.29) is 11.3 Å². The van der Waals surface area contributed by atoms with Crippen molar-refractivity contribution < 1.29 is 15.0 Å². The summed E-state index contributed by atoms with van der Waals surface area (Å²) in [6.45, 7) is 10.3. The van der Waals surface area contributed by atoms with Gasteiger partial charge in [0.2, 0.25) is 0 Å². The molecule has 0 saturated carbocycles. The van der Waals surface area contributed by atoms with Crippen molar-refractivity contribution in [3.8, 4) is 5.75 Å². The van der Waals surface area contributed by atoms with E-state index < -0.39 is 5.97 Å². The molecule has 0 heterocycles. The average molecular weight is 359 g/mol. The first-order valence-corrected chi connectivity index (χ1v) is 9.64. The zero-order chi connectivity index (χ0) is 19.7. The summed E-state index contributed by atoms with van der Waals surface area (Å²) >= 11 is 0. The van der Waals surface area contributed by atoms with E-state index in [4.69, 9.17) is 0 Å². The maximum atomic E-state index is 11.7. The number of allylic oxidation sites excluding steroid dienone is 4. The van der Waals surface area contributed by atoms with E-state index in [0.717, 1.165) is 48.8 Å². The summed E-state index contributed by atoms with van der Waals surface area (Å²) in [4.78, 5) is 11.7. The summed E-state index contributed by atoms with van der Waals surface area (Å²) in [7, 11) is 0. The number of carbonyl (C=O) groups is 1. The number of hydrogen-bond acceptors (Lipinski definition) is 2. The summed E-state index contributed by atoms with van der Waals surface area (Å²) in [5.74, 6) is -1.10. The Morgan fingerprint density at radius 3 is 2.42 bits per heavy atom. The van der Waals surface area contributed by atoms with E-state index in [1.165, 1.54) is 11.1 Å². The lowest BCUT2D eigenvalue weighted by Gasteiger charge is -2.15. The van der Waals surface area contributed by atoms with Crippen LogP contribution in [0.3, 0.4) is 0 Å². The average Bonchev–Trinajstić information content (AvgIpc) is 2.53. The van der Waals surface area contributed by atoms with E-state index in [1.807, 2.05) is 13.0 Å². The van der Waals surface area contributed by atoms with Crippen molar-refractivity contribution in [2.45, 2.75) is 79.6 Å². The van der Waals surface area contributed by atoms with Crippen molar-refractivity contribution in [2.24, 2.45) is 0 Å². The number of carboxylic acid groups (broad SMARTS) is 1. The zero-order valence-electron chi connectivity index (χ0n) is 17.0. The van der Waals surface area contributed by atoms with Crippen LogP contribution in [0.15, 0.2) is 29.4 Å². The van der Waals surface area contributed by atoms with Gasteiger partial charge in [-0.3, -0.25) is 0 Å². The normalized spacial score (nSPS) is 11.5. The number of rotatable bonds is 10. The van der Waals surface area contributed by atoms with Crippen molar-refractivity contribution in [3.63, 3.8) is 0 Å². The molecule has 1 aromatic carbocycles. The monoisotopic (exact) mass is 358 g/mol. The predicted octanol–water partition coefficient (Wildman–Crippen LogP) is 6.37. The summed E-state index contributed by atoms with van der Waals surface area (Å²) in [6.07, 6.45) is 10.7. The van der Waals surface area contributed by atoms with E-state index in [0.29, 0.717) is 12.8 Å². The molecule has 0 saturated heterocycles. The van der Waals surface area contributed by atoms with E-state index in [2.05, 4.69) is 39.8 Å². The molecule has 0 amide bonds. The Morgan fingerprint density at radius 2 is 1.85 bits per heavy atom. The lowest BCUT2D eigenvalue weighted by molar-refractivity contribution is 0.0692. The molecule has 3 heteroatoms. The first-order chi connectivity index (χ1) is 12.3. The molecule has 0 aliphatic heterocycles. The Hall–Kier alpha value is -2.03. The predicted molar refractivity (Wildman–Crippen MR) is 109 cm³/mol. The second kappa shape index (κ2) is 10.8. The molecule has 0 spiro atoms. The molecule has 0 bridgehead atoms. The van der Waals surface area contributed by atoms with Crippen LogP contribution in [0.25, 0.3) is 0 Å². The summed E-state index contributed by atoms with van der Waals surface area (Å²) in [5.41, 5.74) is 5.09. The zero-order valence-corrected chi connectivity index (χ0v) is 17.0. The molecule has 3 nitrogen and oxygen atoms in total. The van der Waals surface area contributed by atoms with E-state index >= 15 is 0 Å². The topological polar surface area (TPSA) is 57.5 Å². The molecule has 0 radical (unpaired) electrons. The number of carboxylic acids is 1. The van der Waals surface area contributed by atoms with Crippen LogP contribution in [0, 0.1) is 6.92 Å². The van der Waals surface area contributed by atoms with Gasteiger partial charge < -0.3 is 10.2 Å². The molecule has 26 heavy (non-hydrogen) atoms. The number of aromatic carboxylic acids is 1. The molecule has 0 aliphatic carbocycles. The largest absolute Gasteiger partial charge is 0.507 e. The van der Waals surface area contributed by atoms with Gasteiger partial charge in [0, 0.05) is 5.56 Å². The molecule has 0 atom stereocenters.